The lowest BCUT2D eigenvalue weighted by molar-refractivity contribution is 0.0941. The maximum atomic E-state index is 12.8. The molecule has 28 heavy (non-hydrogen) atoms. The molecule has 1 amide bonds. The van der Waals surface area contributed by atoms with Gasteiger partial charge in [0.05, 0.1) is 17.3 Å². The van der Waals surface area contributed by atoms with Crippen molar-refractivity contribution in [1.82, 2.24) is 5.32 Å². The second-order valence-electron chi connectivity index (χ2n) is 6.60. The van der Waals surface area contributed by atoms with Crippen molar-refractivity contribution in [3.05, 3.63) is 95.6 Å². The second-order valence-corrected chi connectivity index (χ2v) is 7.00. The van der Waals surface area contributed by atoms with Gasteiger partial charge in [-0.05, 0) is 55.9 Å². The largest absolute Gasteiger partial charge is 0.345 e. The standard InChI is InChI=1S/C23H23N3OS/c1-16-12-14-19(15-13-16)25-23(28)26-21-11-7-6-10-20(21)22(27)24-17(2)18-8-4-3-5-9-18/h3-15,17H,1-2H3,(H,24,27)(H2,25,26,28)/t17-/m1/s1. The number of hydrogen-bond acceptors (Lipinski definition) is 2. The van der Waals surface area contributed by atoms with Gasteiger partial charge in [0, 0.05) is 5.69 Å². The molecule has 0 fully saturated rings. The predicted molar refractivity (Wildman–Crippen MR) is 120 cm³/mol. The Morgan fingerprint density at radius 1 is 0.857 bits per heavy atom. The molecule has 3 aromatic carbocycles. The Kier molecular flexibility index (Phi) is 6.40. The normalized spacial score (nSPS) is 11.4. The first-order chi connectivity index (χ1) is 13.5. The van der Waals surface area contributed by atoms with Crippen molar-refractivity contribution in [3.63, 3.8) is 0 Å². The summed E-state index contributed by atoms with van der Waals surface area (Å²) in [7, 11) is 0. The van der Waals surface area contributed by atoms with Gasteiger partial charge in [0.1, 0.15) is 0 Å². The molecule has 4 nitrogen and oxygen atoms in total. The van der Waals surface area contributed by atoms with Gasteiger partial charge >= 0.3 is 0 Å². The third-order valence-corrected chi connectivity index (χ3v) is 4.58. The van der Waals surface area contributed by atoms with E-state index in [1.165, 1.54) is 5.56 Å². The first-order valence-corrected chi connectivity index (χ1v) is 9.53. The Labute approximate surface area is 171 Å². The molecule has 0 heterocycles. The molecule has 3 aromatic rings. The summed E-state index contributed by atoms with van der Waals surface area (Å²) >= 11 is 5.41. The number of nitrogens with one attached hydrogen (secondary N) is 3. The van der Waals surface area contributed by atoms with Crippen molar-refractivity contribution >= 4 is 34.6 Å². The quantitative estimate of drug-likeness (QED) is 0.519. The van der Waals surface area contributed by atoms with Gasteiger partial charge in [0.2, 0.25) is 0 Å². The van der Waals surface area contributed by atoms with E-state index >= 15 is 0 Å². The zero-order valence-corrected chi connectivity index (χ0v) is 16.7. The van der Waals surface area contributed by atoms with Crippen molar-refractivity contribution in [3.8, 4) is 0 Å². The zero-order chi connectivity index (χ0) is 19.9. The first kappa shape index (κ1) is 19.6. The molecular weight excluding hydrogens is 366 g/mol. The number of thiocarbonyl (C=S) groups is 1. The number of rotatable bonds is 5. The molecule has 5 heteroatoms. The van der Waals surface area contributed by atoms with E-state index in [4.69, 9.17) is 12.2 Å². The van der Waals surface area contributed by atoms with E-state index in [0.29, 0.717) is 16.4 Å². The summed E-state index contributed by atoms with van der Waals surface area (Å²) in [5, 5.41) is 9.74. The van der Waals surface area contributed by atoms with Gasteiger partial charge in [0.25, 0.3) is 5.91 Å². The third kappa shape index (κ3) is 5.18. The van der Waals surface area contributed by atoms with E-state index in [9.17, 15) is 4.79 Å². The number of para-hydroxylation sites is 1. The number of amides is 1. The lowest BCUT2D eigenvalue weighted by Gasteiger charge is -2.17. The molecule has 0 aromatic heterocycles. The van der Waals surface area contributed by atoms with Crippen molar-refractivity contribution in [2.24, 2.45) is 0 Å². The van der Waals surface area contributed by atoms with Gasteiger partial charge in [0.15, 0.2) is 5.11 Å². The van der Waals surface area contributed by atoms with Crippen LogP contribution in [0.2, 0.25) is 0 Å². The second kappa shape index (κ2) is 9.15. The zero-order valence-electron chi connectivity index (χ0n) is 15.9. The monoisotopic (exact) mass is 389 g/mol. The van der Waals surface area contributed by atoms with Crippen molar-refractivity contribution in [1.29, 1.82) is 0 Å². The summed E-state index contributed by atoms with van der Waals surface area (Å²) in [5.41, 5.74) is 4.32. The number of aryl methyl sites for hydroxylation is 1. The van der Waals surface area contributed by atoms with E-state index in [2.05, 4.69) is 16.0 Å². The maximum Gasteiger partial charge on any atom is 0.253 e. The van der Waals surface area contributed by atoms with Gasteiger partial charge in [-0.25, -0.2) is 0 Å². The van der Waals surface area contributed by atoms with Gasteiger partial charge in [-0.15, -0.1) is 0 Å². The molecule has 0 aliphatic rings. The van der Waals surface area contributed by atoms with Crippen LogP contribution in [0.15, 0.2) is 78.9 Å². The maximum absolute atomic E-state index is 12.8. The summed E-state index contributed by atoms with van der Waals surface area (Å²) in [6.45, 7) is 4.00. The molecular formula is C23H23N3OS. The molecule has 0 saturated heterocycles. The Morgan fingerprint density at radius 2 is 1.50 bits per heavy atom. The number of benzene rings is 3. The predicted octanol–water partition coefficient (Wildman–Crippen LogP) is 5.29. The summed E-state index contributed by atoms with van der Waals surface area (Å²) in [4.78, 5) is 12.8. The summed E-state index contributed by atoms with van der Waals surface area (Å²) in [5.74, 6) is -0.155. The topological polar surface area (TPSA) is 53.2 Å². The molecule has 1 atom stereocenters. The molecule has 0 bridgehead atoms. The molecule has 0 radical (unpaired) electrons. The highest BCUT2D eigenvalue weighted by molar-refractivity contribution is 7.80. The molecule has 142 valence electrons. The average molecular weight is 390 g/mol. The molecule has 3 rings (SSSR count). The fourth-order valence-corrected chi connectivity index (χ4v) is 3.04. The van der Waals surface area contributed by atoms with Crippen molar-refractivity contribution < 1.29 is 4.79 Å². The minimum atomic E-state index is -0.155. The molecule has 0 aliphatic carbocycles. The number of carbonyl (C=O) groups excluding carboxylic acids is 1. The lowest BCUT2D eigenvalue weighted by Crippen LogP contribution is -2.28. The van der Waals surface area contributed by atoms with Gasteiger partial charge in [-0.2, -0.15) is 0 Å². The summed E-state index contributed by atoms with van der Waals surface area (Å²) in [6, 6.07) is 25.0. The number of hydrogen-bond donors (Lipinski definition) is 3. The van der Waals surface area contributed by atoms with Crippen LogP contribution in [0.4, 0.5) is 11.4 Å². The van der Waals surface area contributed by atoms with E-state index in [1.54, 1.807) is 6.07 Å². The van der Waals surface area contributed by atoms with Crippen LogP contribution < -0.4 is 16.0 Å². The van der Waals surface area contributed by atoms with Crippen LogP contribution in [0.3, 0.4) is 0 Å². The highest BCUT2D eigenvalue weighted by Gasteiger charge is 2.15. The van der Waals surface area contributed by atoms with Gasteiger partial charge in [-0.3, -0.25) is 4.79 Å². The van der Waals surface area contributed by atoms with Crippen LogP contribution in [0, 0.1) is 6.92 Å². The SMILES string of the molecule is Cc1ccc(NC(=S)Nc2ccccc2C(=O)N[C@H](C)c2ccccc2)cc1. The van der Waals surface area contributed by atoms with E-state index in [0.717, 1.165) is 11.3 Å². The van der Waals surface area contributed by atoms with Gasteiger partial charge < -0.3 is 16.0 Å². The van der Waals surface area contributed by atoms with E-state index in [-0.39, 0.29) is 11.9 Å². The fourth-order valence-electron chi connectivity index (χ4n) is 2.81. The number of carbonyl (C=O) groups is 1. The van der Waals surface area contributed by atoms with Gasteiger partial charge in [-0.1, -0.05) is 60.2 Å². The first-order valence-electron chi connectivity index (χ1n) is 9.12. The molecule has 0 aliphatic heterocycles. The lowest BCUT2D eigenvalue weighted by atomic mass is 10.1. The minimum absolute atomic E-state index is 0.0978. The number of anilines is 2. The van der Waals surface area contributed by atoms with Crippen LogP contribution in [-0.4, -0.2) is 11.0 Å². The van der Waals surface area contributed by atoms with Crippen molar-refractivity contribution in [2.45, 2.75) is 19.9 Å². The highest BCUT2D eigenvalue weighted by atomic mass is 32.1. The average Bonchev–Trinajstić information content (AvgIpc) is 2.70. The Morgan fingerprint density at radius 3 is 2.21 bits per heavy atom. The summed E-state index contributed by atoms with van der Waals surface area (Å²) < 4.78 is 0. The van der Waals surface area contributed by atoms with Crippen LogP contribution in [0.25, 0.3) is 0 Å². The molecule has 0 unspecified atom stereocenters. The third-order valence-electron chi connectivity index (χ3n) is 4.38. The molecule has 0 spiro atoms. The highest BCUT2D eigenvalue weighted by Crippen LogP contribution is 2.18. The molecule has 3 N–H and O–H groups in total. The summed E-state index contributed by atoms with van der Waals surface area (Å²) in [6.07, 6.45) is 0. The van der Waals surface area contributed by atoms with Crippen LogP contribution >= 0.6 is 12.2 Å². The Balaban J connectivity index is 1.69. The Hall–Kier alpha value is -3.18. The fraction of sp³-hybridized carbons (Fsp3) is 0.130. The van der Waals surface area contributed by atoms with Crippen molar-refractivity contribution in [2.75, 3.05) is 10.6 Å². The Bertz CT molecular complexity index is 955. The minimum Gasteiger partial charge on any atom is -0.345 e. The van der Waals surface area contributed by atoms with E-state index < -0.39 is 0 Å². The van der Waals surface area contributed by atoms with E-state index in [1.807, 2.05) is 86.6 Å². The smallest absolute Gasteiger partial charge is 0.253 e. The van der Waals surface area contributed by atoms with Crippen LogP contribution in [0.5, 0.6) is 0 Å². The molecule has 0 saturated carbocycles. The van der Waals surface area contributed by atoms with Crippen LogP contribution in [-0.2, 0) is 0 Å². The van der Waals surface area contributed by atoms with Crippen LogP contribution in [0.1, 0.15) is 34.5 Å².